The third-order valence-electron chi connectivity index (χ3n) is 6.66. The predicted molar refractivity (Wildman–Crippen MR) is 121 cm³/mol. The Hall–Kier alpha value is -2.86. The summed E-state index contributed by atoms with van der Waals surface area (Å²) in [5.74, 6) is 3.79. The molecule has 4 heterocycles. The van der Waals surface area contributed by atoms with Crippen LogP contribution in [0, 0.1) is 0 Å². The number of benzene rings is 2. The van der Waals surface area contributed by atoms with Crippen LogP contribution in [0.4, 0.5) is 0 Å². The molecule has 0 amide bonds. The molecule has 0 aromatic heterocycles. The number of hydrogen-bond donors (Lipinski definition) is 0. The summed E-state index contributed by atoms with van der Waals surface area (Å²) in [5.41, 5.74) is 2.41. The van der Waals surface area contributed by atoms with Crippen LogP contribution >= 0.6 is 0 Å². The van der Waals surface area contributed by atoms with Crippen LogP contribution < -0.4 is 23.7 Å². The third-order valence-corrected chi connectivity index (χ3v) is 6.66. The molecule has 0 N–H and O–H groups in total. The van der Waals surface area contributed by atoms with Crippen LogP contribution in [0.15, 0.2) is 30.3 Å². The summed E-state index contributed by atoms with van der Waals surface area (Å²) in [5, 5.41) is 0. The molecule has 0 aliphatic carbocycles. The SMILES string of the molecule is CC.COc1cc2c(cc1OC)[C@]13COC1c1ccc4c(c1O[C@@H]3CO2)C=CC(C)(C)O4. The van der Waals surface area contributed by atoms with Gasteiger partial charge in [0, 0.05) is 17.2 Å². The van der Waals surface area contributed by atoms with Crippen molar-refractivity contribution in [2.45, 2.75) is 50.9 Å². The molecule has 1 saturated heterocycles. The molecule has 2 aromatic rings. The van der Waals surface area contributed by atoms with Crippen molar-refractivity contribution in [3.8, 4) is 28.7 Å². The Balaban J connectivity index is 0.00000105. The lowest BCUT2D eigenvalue weighted by atomic mass is 9.63. The minimum atomic E-state index is -0.338. The maximum Gasteiger partial charge on any atom is 0.164 e. The number of ether oxygens (including phenoxy) is 6. The maximum absolute atomic E-state index is 6.61. The Labute approximate surface area is 189 Å². The van der Waals surface area contributed by atoms with E-state index in [9.17, 15) is 0 Å². The molecule has 6 heteroatoms. The fraction of sp³-hybridized carbons (Fsp3) is 0.462. The third kappa shape index (κ3) is 2.75. The summed E-state index contributed by atoms with van der Waals surface area (Å²) < 4.78 is 36.0. The van der Waals surface area contributed by atoms with Crippen LogP contribution in [0.5, 0.6) is 28.7 Å². The molecule has 0 bridgehead atoms. The zero-order valence-electron chi connectivity index (χ0n) is 19.5. The summed E-state index contributed by atoms with van der Waals surface area (Å²) >= 11 is 0. The normalized spacial score (nSPS) is 27.1. The Morgan fingerprint density at radius 3 is 2.44 bits per heavy atom. The lowest BCUT2D eigenvalue weighted by Crippen LogP contribution is -2.64. The van der Waals surface area contributed by atoms with Gasteiger partial charge in [0.1, 0.15) is 41.7 Å². The van der Waals surface area contributed by atoms with Crippen molar-refractivity contribution in [3.63, 3.8) is 0 Å². The molecule has 0 radical (unpaired) electrons. The molecule has 170 valence electrons. The number of hydrogen-bond acceptors (Lipinski definition) is 6. The van der Waals surface area contributed by atoms with E-state index < -0.39 is 0 Å². The molecular weight excluding hydrogens is 408 g/mol. The molecular formula is C26H30O6. The molecule has 4 aliphatic rings. The molecule has 6 nitrogen and oxygen atoms in total. The van der Waals surface area contributed by atoms with E-state index in [0.717, 1.165) is 33.9 Å². The zero-order valence-corrected chi connectivity index (χ0v) is 19.5. The van der Waals surface area contributed by atoms with Crippen LogP contribution in [-0.2, 0) is 10.2 Å². The molecule has 1 fully saturated rings. The summed E-state index contributed by atoms with van der Waals surface area (Å²) in [7, 11) is 3.27. The van der Waals surface area contributed by atoms with Crippen molar-refractivity contribution in [2.24, 2.45) is 0 Å². The summed E-state index contributed by atoms with van der Waals surface area (Å²) in [6.07, 6.45) is 3.88. The monoisotopic (exact) mass is 438 g/mol. The average molecular weight is 439 g/mol. The molecule has 3 atom stereocenters. The van der Waals surface area contributed by atoms with Gasteiger partial charge in [-0.15, -0.1) is 0 Å². The highest BCUT2D eigenvalue weighted by Crippen LogP contribution is 2.62. The van der Waals surface area contributed by atoms with Crippen molar-refractivity contribution >= 4 is 6.08 Å². The average Bonchev–Trinajstić information content (AvgIpc) is 2.78. The van der Waals surface area contributed by atoms with Gasteiger partial charge in [0.2, 0.25) is 0 Å². The Morgan fingerprint density at radius 2 is 1.75 bits per heavy atom. The number of methoxy groups -OCH3 is 2. The van der Waals surface area contributed by atoms with Gasteiger partial charge in [0.15, 0.2) is 11.5 Å². The minimum Gasteiger partial charge on any atom is -0.493 e. The van der Waals surface area contributed by atoms with E-state index in [1.54, 1.807) is 14.2 Å². The highest BCUT2D eigenvalue weighted by atomic mass is 16.6. The van der Waals surface area contributed by atoms with Crippen molar-refractivity contribution in [2.75, 3.05) is 27.4 Å². The first-order chi connectivity index (χ1) is 15.5. The van der Waals surface area contributed by atoms with Crippen molar-refractivity contribution in [1.29, 1.82) is 0 Å². The first kappa shape index (κ1) is 21.0. The quantitative estimate of drug-likeness (QED) is 0.652. The van der Waals surface area contributed by atoms with Gasteiger partial charge in [-0.25, -0.2) is 0 Å². The number of fused-ring (bicyclic) bond motifs is 5. The molecule has 1 spiro atoms. The van der Waals surface area contributed by atoms with Crippen LogP contribution in [0.3, 0.4) is 0 Å². The van der Waals surface area contributed by atoms with Gasteiger partial charge in [-0.2, -0.15) is 0 Å². The second kappa shape index (κ2) is 7.34. The molecule has 4 aliphatic heterocycles. The highest BCUT2D eigenvalue weighted by molar-refractivity contribution is 5.71. The largest absolute Gasteiger partial charge is 0.493 e. The van der Waals surface area contributed by atoms with Gasteiger partial charge in [-0.05, 0) is 44.2 Å². The van der Waals surface area contributed by atoms with Gasteiger partial charge in [-0.3, -0.25) is 0 Å². The van der Waals surface area contributed by atoms with Gasteiger partial charge >= 0.3 is 0 Å². The van der Waals surface area contributed by atoms with E-state index in [4.69, 9.17) is 28.4 Å². The van der Waals surface area contributed by atoms with Gasteiger partial charge in [-0.1, -0.05) is 13.8 Å². The van der Waals surface area contributed by atoms with E-state index in [1.807, 2.05) is 45.9 Å². The maximum atomic E-state index is 6.61. The molecule has 1 unspecified atom stereocenters. The first-order valence-corrected chi connectivity index (χ1v) is 11.2. The van der Waals surface area contributed by atoms with Crippen molar-refractivity contribution in [1.82, 2.24) is 0 Å². The van der Waals surface area contributed by atoms with Crippen molar-refractivity contribution < 1.29 is 28.4 Å². The van der Waals surface area contributed by atoms with Crippen LogP contribution in [-0.4, -0.2) is 39.1 Å². The lowest BCUT2D eigenvalue weighted by Gasteiger charge is -2.58. The summed E-state index contributed by atoms with van der Waals surface area (Å²) in [6, 6.07) is 8.00. The second-order valence-electron chi connectivity index (χ2n) is 8.79. The smallest absolute Gasteiger partial charge is 0.164 e. The van der Waals surface area contributed by atoms with E-state index >= 15 is 0 Å². The van der Waals surface area contributed by atoms with E-state index in [0.29, 0.717) is 24.7 Å². The predicted octanol–water partition coefficient (Wildman–Crippen LogP) is 5.08. The Morgan fingerprint density at radius 1 is 1.00 bits per heavy atom. The van der Waals surface area contributed by atoms with Gasteiger partial charge in [0.25, 0.3) is 0 Å². The number of rotatable bonds is 2. The van der Waals surface area contributed by atoms with Crippen molar-refractivity contribution in [3.05, 3.63) is 47.0 Å². The van der Waals surface area contributed by atoms with Crippen LogP contribution in [0.2, 0.25) is 0 Å². The zero-order chi connectivity index (χ0) is 22.7. The molecule has 32 heavy (non-hydrogen) atoms. The van der Waals surface area contributed by atoms with Crippen LogP contribution in [0.25, 0.3) is 6.08 Å². The van der Waals surface area contributed by atoms with E-state index in [-0.39, 0.29) is 23.2 Å². The highest BCUT2D eigenvalue weighted by Gasteiger charge is 2.63. The van der Waals surface area contributed by atoms with Gasteiger partial charge in [0.05, 0.1) is 31.8 Å². The molecule has 6 rings (SSSR count). The summed E-state index contributed by atoms with van der Waals surface area (Å²) in [4.78, 5) is 0. The topological polar surface area (TPSA) is 55.4 Å². The Bertz CT molecular complexity index is 1090. The standard InChI is InChI=1S/C24H24O6.C2H6/c1-23(2)8-7-13-16(30-23)6-5-14-21(13)29-20-11-27-17-10-19(26-4)18(25-3)9-15(17)24(20)12-28-22(14)24;1-2/h5-10,20,22H,11-12H2,1-4H3;1-2H3/t20-,22?,24+;/m1./s1. The van der Waals surface area contributed by atoms with E-state index in [2.05, 4.69) is 18.2 Å². The fourth-order valence-electron chi connectivity index (χ4n) is 5.09. The molecule has 2 aromatic carbocycles. The summed E-state index contributed by atoms with van der Waals surface area (Å²) in [6.45, 7) is 9.10. The lowest BCUT2D eigenvalue weighted by molar-refractivity contribution is -0.207. The van der Waals surface area contributed by atoms with Gasteiger partial charge < -0.3 is 28.4 Å². The minimum absolute atomic E-state index is 0.111. The second-order valence-corrected chi connectivity index (χ2v) is 8.79. The fourth-order valence-corrected chi connectivity index (χ4v) is 5.09. The molecule has 0 saturated carbocycles. The van der Waals surface area contributed by atoms with Crippen LogP contribution in [0.1, 0.15) is 50.5 Å². The van der Waals surface area contributed by atoms with E-state index in [1.165, 1.54) is 0 Å². The first-order valence-electron chi connectivity index (χ1n) is 11.2. The Kier molecular flexibility index (Phi) is 4.82.